The lowest BCUT2D eigenvalue weighted by Gasteiger charge is -2.19. The molecule has 0 bridgehead atoms. The fourth-order valence-electron chi connectivity index (χ4n) is 5.60. The molecule has 46 heavy (non-hydrogen) atoms. The van der Waals surface area contributed by atoms with Crippen LogP contribution < -0.4 is 10.7 Å². The summed E-state index contributed by atoms with van der Waals surface area (Å²) in [5.74, 6) is -1.04. The van der Waals surface area contributed by atoms with Gasteiger partial charge in [-0.25, -0.2) is 0 Å². The van der Waals surface area contributed by atoms with Crippen LogP contribution in [0.15, 0.2) is 94.1 Å². The van der Waals surface area contributed by atoms with Crippen LogP contribution in [-0.2, 0) is 23.9 Å². The van der Waals surface area contributed by atoms with Crippen LogP contribution in [0.2, 0.25) is 0 Å². The van der Waals surface area contributed by atoms with Crippen molar-refractivity contribution in [3.05, 3.63) is 106 Å². The summed E-state index contributed by atoms with van der Waals surface area (Å²) in [5, 5.41) is 13.2. The van der Waals surface area contributed by atoms with Crippen LogP contribution in [0, 0.1) is 6.92 Å². The predicted octanol–water partition coefficient (Wildman–Crippen LogP) is 6.23. The number of hydrogen-bond donors (Lipinski definition) is 2. The Morgan fingerprint density at radius 3 is 2.41 bits per heavy atom. The summed E-state index contributed by atoms with van der Waals surface area (Å²) in [4.78, 5) is 61.8. The van der Waals surface area contributed by atoms with E-state index in [1.165, 1.54) is 30.0 Å². The van der Waals surface area contributed by atoms with Crippen molar-refractivity contribution in [3.8, 4) is 28.2 Å². The van der Waals surface area contributed by atoms with Gasteiger partial charge in [-0.05, 0) is 60.0 Å². The molecule has 0 saturated heterocycles. The number of esters is 1. The van der Waals surface area contributed by atoms with E-state index >= 15 is 0 Å². The van der Waals surface area contributed by atoms with Crippen molar-refractivity contribution >= 4 is 51.9 Å². The molecular formula is C36H29NO8S. The van der Waals surface area contributed by atoms with Crippen LogP contribution in [0.4, 0.5) is 5.69 Å². The van der Waals surface area contributed by atoms with Crippen molar-refractivity contribution in [2.24, 2.45) is 0 Å². The summed E-state index contributed by atoms with van der Waals surface area (Å²) in [5.41, 5.74) is 4.83. The average Bonchev–Trinajstić information content (AvgIpc) is 3.34. The number of ketones is 2. The van der Waals surface area contributed by atoms with Crippen molar-refractivity contribution in [3.63, 3.8) is 0 Å². The highest BCUT2D eigenvalue weighted by atomic mass is 32.2. The summed E-state index contributed by atoms with van der Waals surface area (Å²) in [6.45, 7) is 1.92. The zero-order valence-electron chi connectivity index (χ0n) is 24.8. The molecule has 1 atom stereocenters. The third-order valence-electron chi connectivity index (χ3n) is 7.82. The summed E-state index contributed by atoms with van der Waals surface area (Å²) in [7, 11) is 0. The van der Waals surface area contributed by atoms with Crippen molar-refractivity contribution in [2.75, 3.05) is 11.1 Å². The highest BCUT2D eigenvalue weighted by Gasteiger charge is 2.36. The smallest absolute Gasteiger partial charge is 0.307 e. The number of aryl methyl sites for hydroxylation is 1. The zero-order chi connectivity index (χ0) is 32.4. The summed E-state index contributed by atoms with van der Waals surface area (Å²) >= 11 is 1.26. The minimum absolute atomic E-state index is 0.0383. The van der Waals surface area contributed by atoms with Crippen LogP contribution in [0.1, 0.15) is 35.6 Å². The molecule has 3 aromatic carbocycles. The number of amides is 1. The van der Waals surface area contributed by atoms with Crippen LogP contribution in [0.25, 0.3) is 33.4 Å². The average molecular weight is 636 g/mol. The minimum atomic E-state index is -1.31. The van der Waals surface area contributed by atoms with Gasteiger partial charge in [0.25, 0.3) is 0 Å². The van der Waals surface area contributed by atoms with Crippen LogP contribution in [0.3, 0.4) is 0 Å². The predicted molar refractivity (Wildman–Crippen MR) is 175 cm³/mol. The van der Waals surface area contributed by atoms with Crippen molar-refractivity contribution in [1.29, 1.82) is 0 Å². The number of anilines is 1. The first-order valence-corrected chi connectivity index (χ1v) is 15.8. The number of carbonyl (C=O) groups is 4. The van der Waals surface area contributed by atoms with Crippen molar-refractivity contribution in [2.45, 2.75) is 37.5 Å². The Morgan fingerprint density at radius 1 is 0.935 bits per heavy atom. The van der Waals surface area contributed by atoms with E-state index in [4.69, 9.17) is 9.15 Å². The van der Waals surface area contributed by atoms with Gasteiger partial charge in [-0.15, -0.1) is 11.8 Å². The number of hydrogen-bond acceptors (Lipinski definition) is 9. The fourth-order valence-corrected chi connectivity index (χ4v) is 6.68. The molecule has 1 saturated carbocycles. The molecule has 232 valence electrons. The number of carbonyl (C=O) groups excluding carboxylic acids is 4. The first kappa shape index (κ1) is 30.8. The number of aromatic hydroxyl groups is 1. The number of rotatable bonds is 9. The molecule has 3 aromatic rings. The number of phenolic OH excluding ortho intramolecular Hbond substituents is 1. The molecule has 2 aliphatic carbocycles. The molecule has 1 fully saturated rings. The van der Waals surface area contributed by atoms with Gasteiger partial charge in [0.15, 0.2) is 17.0 Å². The molecule has 1 heterocycles. The molecule has 1 amide bonds. The van der Waals surface area contributed by atoms with Gasteiger partial charge >= 0.3 is 5.97 Å². The Balaban J connectivity index is 1.22. The first-order valence-electron chi connectivity index (χ1n) is 14.7. The summed E-state index contributed by atoms with van der Waals surface area (Å²) in [6.07, 6.45) is -1.20. The van der Waals surface area contributed by atoms with Crippen molar-refractivity contribution in [1.82, 2.24) is 0 Å². The normalized spacial score (nSPS) is 14.1. The number of thioether (sulfide) groups is 1. The Morgan fingerprint density at radius 2 is 1.67 bits per heavy atom. The highest BCUT2D eigenvalue weighted by molar-refractivity contribution is 8.00. The van der Waals surface area contributed by atoms with Gasteiger partial charge in [-0.1, -0.05) is 36.4 Å². The highest BCUT2D eigenvalue weighted by Crippen LogP contribution is 2.42. The number of fused-ring (bicyclic) bond motifs is 2. The molecule has 1 unspecified atom stereocenters. The van der Waals surface area contributed by atoms with Gasteiger partial charge in [0.1, 0.15) is 22.3 Å². The van der Waals surface area contributed by atoms with E-state index in [9.17, 15) is 29.1 Å². The molecule has 10 heteroatoms. The minimum Gasteiger partial charge on any atom is -0.508 e. The third kappa shape index (κ3) is 6.43. The van der Waals surface area contributed by atoms with Crippen LogP contribution in [-0.4, -0.2) is 40.4 Å². The summed E-state index contributed by atoms with van der Waals surface area (Å²) < 4.78 is 11.1. The second-order valence-corrected chi connectivity index (χ2v) is 12.3. The zero-order valence-corrected chi connectivity index (χ0v) is 25.6. The van der Waals surface area contributed by atoms with Gasteiger partial charge in [-0.2, -0.15) is 0 Å². The fraction of sp³-hybridized carbons (Fsp3) is 0.194. The van der Waals surface area contributed by atoms with E-state index in [-0.39, 0.29) is 53.7 Å². The van der Waals surface area contributed by atoms with Gasteiger partial charge in [0.05, 0.1) is 6.42 Å². The maximum Gasteiger partial charge on any atom is 0.307 e. The Hall–Kier alpha value is -5.22. The van der Waals surface area contributed by atoms with Crippen molar-refractivity contribution < 1.29 is 33.4 Å². The van der Waals surface area contributed by atoms with Gasteiger partial charge < -0.3 is 19.6 Å². The molecule has 1 aliphatic heterocycles. The van der Waals surface area contributed by atoms with Crippen LogP contribution >= 0.6 is 11.8 Å². The van der Waals surface area contributed by atoms with E-state index in [2.05, 4.69) is 5.32 Å². The molecule has 0 aromatic heterocycles. The van der Waals surface area contributed by atoms with Gasteiger partial charge in [0, 0.05) is 52.9 Å². The second kappa shape index (κ2) is 13.0. The van der Waals surface area contributed by atoms with Crippen LogP contribution in [0.5, 0.6) is 5.75 Å². The van der Waals surface area contributed by atoms with E-state index in [0.717, 1.165) is 33.2 Å². The summed E-state index contributed by atoms with van der Waals surface area (Å²) in [6, 6.07) is 24.2. The Kier molecular flexibility index (Phi) is 8.72. The number of phenols is 1. The molecule has 3 aliphatic rings. The molecule has 9 nitrogen and oxygen atoms in total. The first-order chi connectivity index (χ1) is 22.2. The number of Topliss-reactive ketones (excluding diaryl/α,β-unsaturated/α-hetero) is 2. The quantitative estimate of drug-likeness (QED) is 0.110. The molecule has 6 rings (SSSR count). The molecule has 0 radical (unpaired) electrons. The Labute approximate surface area is 267 Å². The van der Waals surface area contributed by atoms with E-state index in [0.29, 0.717) is 17.0 Å². The van der Waals surface area contributed by atoms with E-state index in [1.807, 2.05) is 49.4 Å². The number of nitrogens with one attached hydrogen (secondary N) is 1. The lowest BCUT2D eigenvalue weighted by molar-refractivity contribution is -0.157. The van der Waals surface area contributed by atoms with Gasteiger partial charge in [0.2, 0.25) is 12.0 Å². The molecular weight excluding hydrogens is 606 g/mol. The largest absolute Gasteiger partial charge is 0.508 e. The molecule has 2 N–H and O–H groups in total. The molecule has 0 spiro atoms. The Bertz CT molecular complexity index is 2000. The standard InChI is InChI=1S/C36H29NO8S/c1-20-17-22(7-10-25(20)33-26-11-8-23(38)18-30(26)44-31-19-24(39)9-12-27(31)33)37-36(43)35(21-5-3-2-4-6-21)46-16-15-32(42)45-34-28(40)13-14-29(34)41/h2-12,17-19,34-35,38H,13-16H2,1H3,(H,37,43). The third-order valence-corrected chi connectivity index (χ3v) is 9.08. The maximum absolute atomic E-state index is 13.6. The van der Waals surface area contributed by atoms with E-state index < -0.39 is 17.3 Å². The lowest BCUT2D eigenvalue weighted by Crippen LogP contribution is -2.28. The lowest BCUT2D eigenvalue weighted by atomic mass is 9.91. The second-order valence-electron chi connectivity index (χ2n) is 11.0. The topological polar surface area (TPSA) is 140 Å². The number of benzene rings is 4. The van der Waals surface area contributed by atoms with Gasteiger partial charge in [-0.3, -0.25) is 24.0 Å². The van der Waals surface area contributed by atoms with E-state index in [1.54, 1.807) is 24.3 Å². The number of ether oxygens (including phenoxy) is 1. The SMILES string of the molecule is Cc1cc(NC(=O)C(SCCC(=O)OC2C(=O)CCC2=O)c2ccccc2)ccc1-c1c2ccc(=O)cc-2oc2cc(O)ccc12. The maximum atomic E-state index is 13.6. The monoisotopic (exact) mass is 635 g/mol.